The van der Waals surface area contributed by atoms with Gasteiger partial charge in [-0.2, -0.15) is 10.2 Å². The normalized spacial score (nSPS) is 14.9. The summed E-state index contributed by atoms with van der Waals surface area (Å²) in [6.45, 7) is 3.79. The molecule has 2 aromatic rings. The summed E-state index contributed by atoms with van der Waals surface area (Å²) in [5.74, 6) is 1.27. The lowest BCUT2D eigenvalue weighted by molar-refractivity contribution is 0.441. The highest BCUT2D eigenvalue weighted by atomic mass is 35.5. The second-order valence-electron chi connectivity index (χ2n) is 5.15. The van der Waals surface area contributed by atoms with Gasteiger partial charge in [0.15, 0.2) is 0 Å². The molecule has 2 heterocycles. The summed E-state index contributed by atoms with van der Waals surface area (Å²) >= 11 is 6.12. The predicted molar refractivity (Wildman–Crippen MR) is 88.0 cm³/mol. The van der Waals surface area contributed by atoms with Crippen molar-refractivity contribution in [2.45, 2.75) is 6.42 Å². The topological polar surface area (TPSA) is 74.1 Å². The second kappa shape index (κ2) is 7.27. The number of ether oxygens (including phenoxy) is 1. The standard InChI is InChI=1S/C16H16ClN5O/c17-13-10-12(11-18)2-3-14(13)23-16-20-6-4-15(21-16)22-8-1-5-19-7-9-22/h2-4,6,10,19H,1,5,7-9H2. The molecule has 1 aliphatic heterocycles. The zero-order valence-electron chi connectivity index (χ0n) is 12.5. The molecule has 6 nitrogen and oxygen atoms in total. The predicted octanol–water partition coefficient (Wildman–Crippen LogP) is 2.59. The first-order valence-corrected chi connectivity index (χ1v) is 7.80. The fourth-order valence-corrected chi connectivity index (χ4v) is 2.60. The van der Waals surface area contributed by atoms with Crippen LogP contribution in [0.1, 0.15) is 12.0 Å². The lowest BCUT2D eigenvalue weighted by Crippen LogP contribution is -2.28. The van der Waals surface area contributed by atoms with E-state index in [0.29, 0.717) is 16.3 Å². The van der Waals surface area contributed by atoms with E-state index in [9.17, 15) is 0 Å². The van der Waals surface area contributed by atoms with Gasteiger partial charge in [-0.05, 0) is 37.2 Å². The van der Waals surface area contributed by atoms with Crippen LogP contribution >= 0.6 is 11.6 Å². The number of benzene rings is 1. The van der Waals surface area contributed by atoms with Gasteiger partial charge in [0.2, 0.25) is 0 Å². The molecular formula is C16H16ClN5O. The van der Waals surface area contributed by atoms with Crippen LogP contribution in [0, 0.1) is 11.3 Å². The van der Waals surface area contributed by atoms with Crippen molar-refractivity contribution in [3.05, 3.63) is 41.0 Å². The Bertz CT molecular complexity index is 723. The van der Waals surface area contributed by atoms with Crippen molar-refractivity contribution < 1.29 is 4.74 Å². The number of hydrogen-bond donors (Lipinski definition) is 1. The van der Waals surface area contributed by atoms with Gasteiger partial charge in [-0.1, -0.05) is 11.6 Å². The minimum Gasteiger partial charge on any atom is -0.423 e. The van der Waals surface area contributed by atoms with Gasteiger partial charge in [-0.3, -0.25) is 0 Å². The van der Waals surface area contributed by atoms with Gasteiger partial charge in [-0.25, -0.2) is 4.98 Å². The summed E-state index contributed by atoms with van der Waals surface area (Å²) in [4.78, 5) is 10.8. The van der Waals surface area contributed by atoms with Gasteiger partial charge in [0, 0.05) is 25.8 Å². The molecule has 0 unspecified atom stereocenters. The van der Waals surface area contributed by atoms with E-state index in [1.807, 2.05) is 12.1 Å². The summed E-state index contributed by atoms with van der Waals surface area (Å²) in [5, 5.41) is 12.6. The van der Waals surface area contributed by atoms with Crippen LogP contribution in [0.15, 0.2) is 30.5 Å². The molecule has 118 valence electrons. The molecule has 1 saturated heterocycles. The molecule has 0 saturated carbocycles. The Balaban J connectivity index is 1.78. The maximum absolute atomic E-state index is 8.86. The number of rotatable bonds is 3. The minimum absolute atomic E-state index is 0.242. The molecule has 0 spiro atoms. The maximum Gasteiger partial charge on any atom is 0.323 e. The summed E-state index contributed by atoms with van der Waals surface area (Å²) in [7, 11) is 0. The van der Waals surface area contributed by atoms with E-state index >= 15 is 0 Å². The highest BCUT2D eigenvalue weighted by Crippen LogP contribution is 2.29. The SMILES string of the molecule is N#Cc1ccc(Oc2nccc(N3CCCNCC3)n2)c(Cl)c1. The number of nitrogens with one attached hydrogen (secondary N) is 1. The molecule has 1 aromatic carbocycles. The monoisotopic (exact) mass is 329 g/mol. The van der Waals surface area contributed by atoms with E-state index in [1.54, 1.807) is 24.4 Å². The highest BCUT2D eigenvalue weighted by molar-refractivity contribution is 6.32. The van der Waals surface area contributed by atoms with Crippen molar-refractivity contribution in [2.75, 3.05) is 31.1 Å². The zero-order valence-corrected chi connectivity index (χ0v) is 13.3. The smallest absolute Gasteiger partial charge is 0.323 e. The number of aromatic nitrogens is 2. The summed E-state index contributed by atoms with van der Waals surface area (Å²) < 4.78 is 5.67. The van der Waals surface area contributed by atoms with Crippen molar-refractivity contribution in [3.63, 3.8) is 0 Å². The average Bonchev–Trinajstić information content (AvgIpc) is 2.86. The molecule has 1 fully saturated rings. The van der Waals surface area contributed by atoms with Crippen LogP contribution in [0.2, 0.25) is 5.02 Å². The van der Waals surface area contributed by atoms with Crippen molar-refractivity contribution in [2.24, 2.45) is 0 Å². The maximum atomic E-state index is 8.86. The van der Waals surface area contributed by atoms with Crippen LogP contribution in [0.3, 0.4) is 0 Å². The fraction of sp³-hybridized carbons (Fsp3) is 0.312. The van der Waals surface area contributed by atoms with Gasteiger partial charge in [0.1, 0.15) is 11.6 Å². The zero-order chi connectivity index (χ0) is 16.1. The Hall–Kier alpha value is -2.36. The minimum atomic E-state index is 0.242. The molecule has 0 amide bonds. The molecule has 1 aliphatic rings. The third-order valence-electron chi connectivity index (χ3n) is 3.55. The van der Waals surface area contributed by atoms with Gasteiger partial charge in [-0.15, -0.1) is 0 Å². The van der Waals surface area contributed by atoms with Gasteiger partial charge in [0.25, 0.3) is 0 Å². The summed E-state index contributed by atoms with van der Waals surface area (Å²) in [6.07, 6.45) is 2.75. The first kappa shape index (κ1) is 15.5. The Morgan fingerprint density at radius 3 is 3.00 bits per heavy atom. The molecule has 0 radical (unpaired) electrons. The summed E-state index contributed by atoms with van der Waals surface area (Å²) in [5.41, 5.74) is 0.481. The van der Waals surface area contributed by atoms with Crippen LogP contribution in [-0.2, 0) is 0 Å². The van der Waals surface area contributed by atoms with E-state index in [1.165, 1.54) is 0 Å². The van der Waals surface area contributed by atoms with E-state index < -0.39 is 0 Å². The number of hydrogen-bond acceptors (Lipinski definition) is 6. The van der Waals surface area contributed by atoms with E-state index in [-0.39, 0.29) is 6.01 Å². The van der Waals surface area contributed by atoms with Gasteiger partial charge < -0.3 is 15.0 Å². The Morgan fingerprint density at radius 1 is 1.26 bits per heavy atom. The van der Waals surface area contributed by atoms with Crippen LogP contribution in [0.4, 0.5) is 5.82 Å². The quantitative estimate of drug-likeness (QED) is 0.933. The molecule has 0 bridgehead atoms. The van der Waals surface area contributed by atoms with Crippen LogP contribution in [0.25, 0.3) is 0 Å². The lowest BCUT2D eigenvalue weighted by atomic mass is 10.2. The molecule has 1 N–H and O–H groups in total. The van der Waals surface area contributed by atoms with Crippen molar-refractivity contribution in [3.8, 4) is 17.8 Å². The Kier molecular flexibility index (Phi) is 4.91. The van der Waals surface area contributed by atoms with E-state index in [0.717, 1.165) is 38.4 Å². The van der Waals surface area contributed by atoms with Crippen LogP contribution in [0.5, 0.6) is 11.8 Å². The molecule has 0 aliphatic carbocycles. The van der Waals surface area contributed by atoms with Crippen LogP contribution in [-0.4, -0.2) is 36.1 Å². The largest absolute Gasteiger partial charge is 0.423 e. The third-order valence-corrected chi connectivity index (χ3v) is 3.84. The molecule has 3 rings (SSSR count). The van der Waals surface area contributed by atoms with Crippen molar-refractivity contribution >= 4 is 17.4 Å². The first-order chi connectivity index (χ1) is 11.3. The van der Waals surface area contributed by atoms with Crippen molar-refractivity contribution in [1.82, 2.24) is 15.3 Å². The van der Waals surface area contributed by atoms with Crippen LogP contribution < -0.4 is 15.0 Å². The molecule has 23 heavy (non-hydrogen) atoms. The molecule has 0 atom stereocenters. The van der Waals surface area contributed by atoms with E-state index in [4.69, 9.17) is 21.6 Å². The average molecular weight is 330 g/mol. The Morgan fingerprint density at radius 2 is 2.17 bits per heavy atom. The number of anilines is 1. The first-order valence-electron chi connectivity index (χ1n) is 7.42. The Labute approximate surface area is 139 Å². The van der Waals surface area contributed by atoms with Gasteiger partial charge >= 0.3 is 6.01 Å². The second-order valence-corrected chi connectivity index (χ2v) is 5.55. The number of halogens is 1. The van der Waals surface area contributed by atoms with Gasteiger partial charge in [0.05, 0.1) is 16.7 Å². The fourth-order valence-electron chi connectivity index (χ4n) is 2.38. The third kappa shape index (κ3) is 3.89. The highest BCUT2D eigenvalue weighted by Gasteiger charge is 2.13. The number of nitriles is 1. The molecule has 7 heteroatoms. The summed E-state index contributed by atoms with van der Waals surface area (Å²) in [6, 6.07) is 9.00. The lowest BCUT2D eigenvalue weighted by Gasteiger charge is -2.21. The molecular weight excluding hydrogens is 314 g/mol. The number of nitrogens with zero attached hydrogens (tertiary/aromatic N) is 4. The molecule has 1 aromatic heterocycles. The van der Waals surface area contributed by atoms with E-state index in [2.05, 4.69) is 20.2 Å². The van der Waals surface area contributed by atoms with Crippen molar-refractivity contribution in [1.29, 1.82) is 5.26 Å².